The number of carbonyl (C=O) groups is 2. The number of amides is 1. The van der Waals surface area contributed by atoms with E-state index in [1.165, 1.54) is 11.3 Å². The van der Waals surface area contributed by atoms with Crippen molar-refractivity contribution in [2.75, 3.05) is 5.32 Å². The lowest BCUT2D eigenvalue weighted by molar-refractivity contribution is -0.147. The van der Waals surface area contributed by atoms with Crippen LogP contribution in [0, 0.1) is 6.92 Å². The Morgan fingerprint density at radius 3 is 2.55 bits per heavy atom. The van der Waals surface area contributed by atoms with Crippen LogP contribution in [-0.2, 0) is 27.4 Å². The van der Waals surface area contributed by atoms with Gasteiger partial charge in [0, 0.05) is 11.1 Å². The lowest BCUT2D eigenvalue weighted by Crippen LogP contribution is -2.16. The first kappa shape index (κ1) is 20.7. The molecule has 0 saturated carbocycles. The van der Waals surface area contributed by atoms with Crippen LogP contribution in [0.1, 0.15) is 41.1 Å². The number of para-hydroxylation sites is 1. The molecule has 29 heavy (non-hydrogen) atoms. The zero-order valence-electron chi connectivity index (χ0n) is 16.6. The largest absolute Gasteiger partial charge is 0.459 e. The maximum atomic E-state index is 12.5. The summed E-state index contributed by atoms with van der Waals surface area (Å²) < 4.78 is 5.47. The summed E-state index contributed by atoms with van der Waals surface area (Å²) in [6.07, 6.45) is 0.860. The van der Waals surface area contributed by atoms with Gasteiger partial charge in [-0.2, -0.15) is 0 Å². The van der Waals surface area contributed by atoms with Gasteiger partial charge in [0.25, 0.3) is 0 Å². The highest BCUT2D eigenvalue weighted by Crippen LogP contribution is 2.22. The molecule has 5 nitrogen and oxygen atoms in total. The number of anilines is 1. The van der Waals surface area contributed by atoms with Gasteiger partial charge in [0.05, 0.1) is 18.0 Å². The smallest absolute Gasteiger partial charge is 0.313 e. The highest BCUT2D eigenvalue weighted by atomic mass is 32.1. The first-order valence-corrected chi connectivity index (χ1v) is 10.4. The van der Waals surface area contributed by atoms with Crippen LogP contribution in [0.4, 0.5) is 5.69 Å². The van der Waals surface area contributed by atoms with E-state index in [9.17, 15) is 9.59 Å². The van der Waals surface area contributed by atoms with Crippen LogP contribution in [-0.4, -0.2) is 16.9 Å². The third-order valence-electron chi connectivity index (χ3n) is 4.59. The molecular weight excluding hydrogens is 384 g/mol. The number of benzene rings is 2. The molecule has 0 spiro atoms. The molecule has 0 bridgehead atoms. The molecule has 2 aromatic carbocycles. The van der Waals surface area contributed by atoms with Gasteiger partial charge in [-0.25, -0.2) is 4.98 Å². The number of hydrogen-bond donors (Lipinski definition) is 1. The van der Waals surface area contributed by atoms with Crippen molar-refractivity contribution in [1.29, 1.82) is 0 Å². The number of thiazole rings is 1. The lowest BCUT2D eigenvalue weighted by Gasteiger charge is -2.14. The van der Waals surface area contributed by atoms with E-state index < -0.39 is 0 Å². The molecule has 1 N–H and O–H groups in total. The van der Waals surface area contributed by atoms with Crippen molar-refractivity contribution in [2.45, 2.75) is 39.2 Å². The summed E-state index contributed by atoms with van der Waals surface area (Å²) >= 11 is 1.39. The van der Waals surface area contributed by atoms with Crippen molar-refractivity contribution in [2.24, 2.45) is 0 Å². The van der Waals surface area contributed by atoms with E-state index in [1.807, 2.05) is 73.8 Å². The second kappa shape index (κ2) is 9.98. The fourth-order valence-corrected chi connectivity index (χ4v) is 3.79. The van der Waals surface area contributed by atoms with E-state index in [0.29, 0.717) is 17.1 Å². The molecule has 0 saturated heterocycles. The highest BCUT2D eigenvalue weighted by Gasteiger charge is 2.20. The Morgan fingerprint density at radius 1 is 1.10 bits per heavy atom. The van der Waals surface area contributed by atoms with Gasteiger partial charge in [0.15, 0.2) is 0 Å². The molecule has 1 heterocycles. The molecule has 150 valence electrons. The van der Waals surface area contributed by atoms with Crippen LogP contribution in [0.2, 0.25) is 0 Å². The Balaban J connectivity index is 1.53. The minimum absolute atomic E-state index is 0.109. The highest BCUT2D eigenvalue weighted by molar-refractivity contribution is 7.09. The van der Waals surface area contributed by atoms with Gasteiger partial charge in [0.2, 0.25) is 5.91 Å². The molecular formula is C23H24N2O3S. The SMILES string of the molecule is CC[C@@H](C(=O)OCc1csc(CC(=O)Nc2ccccc2C)n1)c1ccccc1. The lowest BCUT2D eigenvalue weighted by atomic mass is 9.97. The summed E-state index contributed by atoms with van der Waals surface area (Å²) in [6.45, 7) is 4.02. The normalized spacial score (nSPS) is 11.7. The Bertz CT molecular complexity index is 969. The molecule has 1 atom stereocenters. The fraction of sp³-hybridized carbons (Fsp3) is 0.261. The van der Waals surface area contributed by atoms with Crippen LogP contribution in [0.3, 0.4) is 0 Å². The molecule has 0 aliphatic rings. The van der Waals surface area contributed by atoms with Crippen molar-refractivity contribution in [3.8, 4) is 0 Å². The molecule has 0 radical (unpaired) electrons. The number of ether oxygens (including phenoxy) is 1. The summed E-state index contributed by atoms with van der Waals surface area (Å²) in [5.74, 6) is -0.660. The summed E-state index contributed by atoms with van der Waals surface area (Å²) in [6, 6.07) is 17.3. The summed E-state index contributed by atoms with van der Waals surface area (Å²) in [4.78, 5) is 29.1. The Labute approximate surface area is 174 Å². The molecule has 0 aliphatic heterocycles. The van der Waals surface area contributed by atoms with E-state index >= 15 is 0 Å². The number of aromatic nitrogens is 1. The van der Waals surface area contributed by atoms with Gasteiger partial charge >= 0.3 is 5.97 Å². The third-order valence-corrected chi connectivity index (χ3v) is 5.48. The molecule has 3 rings (SSSR count). The quantitative estimate of drug-likeness (QED) is 0.540. The van der Waals surface area contributed by atoms with Crippen LogP contribution in [0.5, 0.6) is 0 Å². The van der Waals surface area contributed by atoms with E-state index in [-0.39, 0.29) is 30.8 Å². The minimum atomic E-state index is -0.283. The first-order chi connectivity index (χ1) is 14.1. The van der Waals surface area contributed by atoms with Gasteiger partial charge in [-0.3, -0.25) is 9.59 Å². The Hall–Kier alpha value is -2.99. The van der Waals surface area contributed by atoms with Crippen molar-refractivity contribution in [3.05, 3.63) is 81.8 Å². The minimum Gasteiger partial charge on any atom is -0.459 e. The predicted octanol–water partition coefficient (Wildman–Crippen LogP) is 4.87. The molecule has 6 heteroatoms. The average Bonchev–Trinajstić information content (AvgIpc) is 3.17. The summed E-state index contributed by atoms with van der Waals surface area (Å²) in [5, 5.41) is 5.42. The number of rotatable bonds is 8. The number of hydrogen-bond acceptors (Lipinski definition) is 5. The van der Waals surface area contributed by atoms with E-state index in [4.69, 9.17) is 4.74 Å². The molecule has 3 aromatic rings. The zero-order valence-corrected chi connectivity index (χ0v) is 17.4. The van der Waals surface area contributed by atoms with E-state index in [0.717, 1.165) is 16.8 Å². The molecule has 0 fully saturated rings. The van der Waals surface area contributed by atoms with Crippen LogP contribution in [0.15, 0.2) is 60.0 Å². The second-order valence-corrected chi connectivity index (χ2v) is 7.69. The molecule has 1 aromatic heterocycles. The van der Waals surface area contributed by atoms with Gasteiger partial charge in [-0.1, -0.05) is 55.5 Å². The molecule has 1 amide bonds. The third kappa shape index (κ3) is 5.74. The topological polar surface area (TPSA) is 68.3 Å². The Kier molecular flexibility index (Phi) is 7.14. The van der Waals surface area contributed by atoms with Gasteiger partial charge in [-0.15, -0.1) is 11.3 Å². The number of nitrogens with one attached hydrogen (secondary N) is 1. The average molecular weight is 409 g/mol. The number of esters is 1. The maximum Gasteiger partial charge on any atom is 0.313 e. The zero-order chi connectivity index (χ0) is 20.6. The second-order valence-electron chi connectivity index (χ2n) is 6.75. The summed E-state index contributed by atoms with van der Waals surface area (Å²) in [7, 11) is 0. The monoisotopic (exact) mass is 408 g/mol. The Morgan fingerprint density at radius 2 is 1.83 bits per heavy atom. The number of aryl methyl sites for hydroxylation is 1. The summed E-state index contributed by atoms with van der Waals surface area (Å²) in [5.41, 5.74) is 3.42. The van der Waals surface area contributed by atoms with Gasteiger partial charge < -0.3 is 10.1 Å². The fourth-order valence-electron chi connectivity index (χ4n) is 3.01. The van der Waals surface area contributed by atoms with Crippen LogP contribution >= 0.6 is 11.3 Å². The van der Waals surface area contributed by atoms with Crippen molar-refractivity contribution in [3.63, 3.8) is 0 Å². The van der Waals surface area contributed by atoms with Gasteiger partial charge in [-0.05, 0) is 30.5 Å². The van der Waals surface area contributed by atoms with Gasteiger partial charge in [0.1, 0.15) is 11.6 Å². The van der Waals surface area contributed by atoms with Crippen LogP contribution in [0.25, 0.3) is 0 Å². The van der Waals surface area contributed by atoms with E-state index in [2.05, 4.69) is 10.3 Å². The van der Waals surface area contributed by atoms with E-state index in [1.54, 1.807) is 0 Å². The predicted molar refractivity (Wildman–Crippen MR) is 115 cm³/mol. The number of nitrogens with zero attached hydrogens (tertiary/aromatic N) is 1. The van der Waals surface area contributed by atoms with Crippen LogP contribution < -0.4 is 5.32 Å². The van der Waals surface area contributed by atoms with Crippen molar-refractivity contribution >= 4 is 28.9 Å². The van der Waals surface area contributed by atoms with Crippen molar-refractivity contribution < 1.29 is 14.3 Å². The molecule has 0 aliphatic carbocycles. The molecule has 0 unspecified atom stereocenters. The maximum absolute atomic E-state index is 12.5. The number of carbonyl (C=O) groups excluding carboxylic acids is 2. The van der Waals surface area contributed by atoms with Crippen molar-refractivity contribution in [1.82, 2.24) is 4.98 Å². The standard InChI is InChI=1S/C23H24N2O3S/c1-3-19(17-10-5-4-6-11-17)23(27)28-14-18-15-29-22(24-18)13-21(26)25-20-12-8-7-9-16(20)2/h4-12,15,19H,3,13-14H2,1-2H3,(H,25,26)/t19-/m1/s1. The first-order valence-electron chi connectivity index (χ1n) is 9.57.